The van der Waals surface area contributed by atoms with Crippen LogP contribution in [0.1, 0.15) is 101 Å². The molecule has 34 heavy (non-hydrogen) atoms. The molecule has 0 bridgehead atoms. The molecule has 186 valence electrons. The quantitative estimate of drug-likeness (QED) is 0.125. The Kier molecular flexibility index (Phi) is 11.8. The summed E-state index contributed by atoms with van der Waals surface area (Å²) in [7, 11) is 0. The van der Waals surface area contributed by atoms with Crippen LogP contribution in [0.3, 0.4) is 0 Å². The van der Waals surface area contributed by atoms with Crippen molar-refractivity contribution < 1.29 is 29.1 Å². The molecule has 0 spiro atoms. The Hall–Kier alpha value is -2.70. The zero-order valence-electron chi connectivity index (χ0n) is 21.1. The summed E-state index contributed by atoms with van der Waals surface area (Å²) in [6.45, 7) is 9.65. The molecule has 0 aliphatic carbocycles. The van der Waals surface area contributed by atoms with Gasteiger partial charge in [-0.2, -0.15) is 0 Å². The first-order chi connectivity index (χ1) is 16.3. The monoisotopic (exact) mass is 470 g/mol. The highest BCUT2D eigenvalue weighted by Crippen LogP contribution is 2.17. The smallest absolute Gasteiger partial charge is 0.290 e. The Morgan fingerprint density at radius 1 is 0.676 bits per heavy atom. The number of unbranched alkanes of at least 4 members (excludes halogenated alkanes) is 6. The zero-order valence-corrected chi connectivity index (χ0v) is 21.1. The first-order valence-electron chi connectivity index (χ1n) is 12.2. The summed E-state index contributed by atoms with van der Waals surface area (Å²) < 4.78 is 0. The van der Waals surface area contributed by atoms with Crippen molar-refractivity contribution in [3.8, 4) is 0 Å². The first-order valence-corrected chi connectivity index (χ1v) is 12.2. The second kappa shape index (κ2) is 14.5. The largest absolute Gasteiger partial charge is 0.373 e. The van der Waals surface area contributed by atoms with E-state index in [0.29, 0.717) is 17.5 Å². The van der Waals surface area contributed by atoms with Gasteiger partial charge in [-0.3, -0.25) is 9.78 Å². The van der Waals surface area contributed by atoms with Gasteiger partial charge in [-0.15, -0.1) is 9.78 Å². The standard InChI is InChI=1S/C28H38O6/c1-6-7-8-9-10-11-12-13-26(31-33-27(29)24-18-20(2)14-16-22(24)4)32-34-28(30)25-19-21(3)15-17-23(25)5/h14-19,26H,6-13H2,1-5H3. The molecule has 0 radical (unpaired) electrons. The third-order valence-electron chi connectivity index (χ3n) is 5.73. The number of benzene rings is 2. The highest BCUT2D eigenvalue weighted by atomic mass is 17.3. The van der Waals surface area contributed by atoms with Crippen LogP contribution in [-0.2, 0) is 19.6 Å². The normalized spacial score (nSPS) is 11.0. The van der Waals surface area contributed by atoms with Gasteiger partial charge in [-0.05, 0) is 57.4 Å². The van der Waals surface area contributed by atoms with Crippen molar-refractivity contribution in [3.63, 3.8) is 0 Å². The summed E-state index contributed by atoms with van der Waals surface area (Å²) in [5.74, 6) is -1.23. The van der Waals surface area contributed by atoms with Gasteiger partial charge in [0.15, 0.2) is 0 Å². The Morgan fingerprint density at radius 2 is 1.12 bits per heavy atom. The molecule has 0 heterocycles. The molecule has 0 aliphatic rings. The SMILES string of the molecule is CCCCCCCCCC(OOC(=O)c1cc(C)ccc1C)OOC(=O)c1cc(C)ccc1C. The second-order valence-electron chi connectivity index (χ2n) is 8.91. The van der Waals surface area contributed by atoms with E-state index in [1.54, 1.807) is 12.1 Å². The number of rotatable bonds is 14. The maximum Gasteiger partial charge on any atom is 0.373 e. The molecule has 0 unspecified atom stereocenters. The highest BCUT2D eigenvalue weighted by molar-refractivity contribution is 5.91. The summed E-state index contributed by atoms with van der Waals surface area (Å²) in [6.07, 6.45) is 7.17. The van der Waals surface area contributed by atoms with Crippen LogP contribution in [0.5, 0.6) is 0 Å². The molecule has 0 amide bonds. The number of carbonyl (C=O) groups excluding carboxylic acids is 2. The first kappa shape index (κ1) is 27.5. The van der Waals surface area contributed by atoms with Gasteiger partial charge < -0.3 is 0 Å². The Morgan fingerprint density at radius 3 is 1.59 bits per heavy atom. The van der Waals surface area contributed by atoms with Crippen LogP contribution in [-0.4, -0.2) is 18.2 Å². The maximum atomic E-state index is 12.5. The van der Waals surface area contributed by atoms with Crippen molar-refractivity contribution in [1.29, 1.82) is 0 Å². The Balaban J connectivity index is 1.94. The lowest BCUT2D eigenvalue weighted by Gasteiger charge is -2.16. The summed E-state index contributed by atoms with van der Waals surface area (Å²) >= 11 is 0. The molecular weight excluding hydrogens is 432 g/mol. The van der Waals surface area contributed by atoms with Gasteiger partial charge in [0.1, 0.15) is 0 Å². The maximum absolute atomic E-state index is 12.5. The Labute approximate surface area is 203 Å². The van der Waals surface area contributed by atoms with Crippen LogP contribution in [0, 0.1) is 27.7 Å². The molecule has 0 N–H and O–H groups in total. The van der Waals surface area contributed by atoms with E-state index in [1.165, 1.54) is 25.7 Å². The molecule has 2 aromatic carbocycles. The Bertz CT molecular complexity index is 869. The third kappa shape index (κ3) is 9.27. The van der Waals surface area contributed by atoms with E-state index in [9.17, 15) is 9.59 Å². The lowest BCUT2D eigenvalue weighted by Crippen LogP contribution is -2.23. The number of carbonyl (C=O) groups is 2. The van der Waals surface area contributed by atoms with E-state index in [4.69, 9.17) is 19.6 Å². The van der Waals surface area contributed by atoms with Crippen molar-refractivity contribution in [1.82, 2.24) is 0 Å². The fraction of sp³-hybridized carbons (Fsp3) is 0.500. The van der Waals surface area contributed by atoms with Gasteiger partial charge in [-0.25, -0.2) is 9.59 Å². The molecular formula is C28H38O6. The summed E-state index contributed by atoms with van der Waals surface area (Å²) in [4.78, 5) is 45.8. The van der Waals surface area contributed by atoms with Crippen molar-refractivity contribution in [3.05, 3.63) is 69.8 Å². The average molecular weight is 471 g/mol. The summed E-state index contributed by atoms with van der Waals surface area (Å²) in [5.41, 5.74) is 4.28. The van der Waals surface area contributed by atoms with Crippen molar-refractivity contribution in [2.45, 2.75) is 92.3 Å². The minimum Gasteiger partial charge on any atom is -0.290 e. The van der Waals surface area contributed by atoms with E-state index in [0.717, 1.165) is 41.5 Å². The highest BCUT2D eigenvalue weighted by Gasteiger charge is 2.21. The van der Waals surface area contributed by atoms with Crippen molar-refractivity contribution in [2.24, 2.45) is 0 Å². The van der Waals surface area contributed by atoms with Crippen LogP contribution in [0.25, 0.3) is 0 Å². The van der Waals surface area contributed by atoms with Gasteiger partial charge >= 0.3 is 11.9 Å². The molecule has 0 saturated heterocycles. The molecule has 0 fully saturated rings. The van der Waals surface area contributed by atoms with Crippen LogP contribution >= 0.6 is 0 Å². The molecule has 0 aliphatic heterocycles. The topological polar surface area (TPSA) is 71.1 Å². The number of aryl methyl sites for hydroxylation is 4. The fourth-order valence-electron chi connectivity index (χ4n) is 3.58. The fourth-order valence-corrected chi connectivity index (χ4v) is 3.58. The van der Waals surface area contributed by atoms with Gasteiger partial charge in [0.25, 0.3) is 0 Å². The average Bonchev–Trinajstić information content (AvgIpc) is 2.82. The molecule has 2 rings (SSSR count). The van der Waals surface area contributed by atoms with E-state index >= 15 is 0 Å². The van der Waals surface area contributed by atoms with Gasteiger partial charge in [0.2, 0.25) is 6.29 Å². The molecule has 0 saturated carbocycles. The van der Waals surface area contributed by atoms with E-state index < -0.39 is 18.2 Å². The molecule has 0 atom stereocenters. The van der Waals surface area contributed by atoms with Gasteiger partial charge in [0, 0.05) is 6.42 Å². The van der Waals surface area contributed by atoms with E-state index in [2.05, 4.69) is 6.92 Å². The van der Waals surface area contributed by atoms with Gasteiger partial charge in [0.05, 0.1) is 11.1 Å². The molecule has 2 aromatic rings. The minimum atomic E-state index is -1.02. The lowest BCUT2D eigenvalue weighted by molar-refractivity contribution is -0.421. The molecule has 6 nitrogen and oxygen atoms in total. The van der Waals surface area contributed by atoms with Crippen molar-refractivity contribution in [2.75, 3.05) is 0 Å². The number of hydrogen-bond donors (Lipinski definition) is 0. The third-order valence-corrected chi connectivity index (χ3v) is 5.73. The predicted octanol–water partition coefficient (Wildman–Crippen LogP) is 7.26. The van der Waals surface area contributed by atoms with Crippen LogP contribution in [0.15, 0.2) is 36.4 Å². The lowest BCUT2D eigenvalue weighted by atomic mass is 10.1. The van der Waals surface area contributed by atoms with E-state index in [1.807, 2.05) is 52.0 Å². The zero-order chi connectivity index (χ0) is 24.9. The van der Waals surface area contributed by atoms with E-state index in [-0.39, 0.29) is 0 Å². The van der Waals surface area contributed by atoms with Gasteiger partial charge in [-0.1, -0.05) is 80.8 Å². The van der Waals surface area contributed by atoms with Crippen LogP contribution in [0.4, 0.5) is 0 Å². The van der Waals surface area contributed by atoms with Crippen LogP contribution in [0.2, 0.25) is 0 Å². The minimum absolute atomic E-state index is 0.419. The van der Waals surface area contributed by atoms with Crippen LogP contribution < -0.4 is 0 Å². The van der Waals surface area contributed by atoms with Crippen molar-refractivity contribution >= 4 is 11.9 Å². The predicted molar refractivity (Wildman–Crippen MR) is 131 cm³/mol. The summed E-state index contributed by atoms with van der Waals surface area (Å²) in [5, 5.41) is 0. The molecule has 0 aromatic heterocycles. The molecule has 6 heteroatoms. The number of hydrogen-bond acceptors (Lipinski definition) is 6. The second-order valence-corrected chi connectivity index (χ2v) is 8.91. The summed E-state index contributed by atoms with van der Waals surface area (Å²) in [6, 6.07) is 11.0.